The molecule has 12 heavy (non-hydrogen) atoms. The lowest BCUT2D eigenvalue weighted by Gasteiger charge is -1.92. The Kier molecular flexibility index (Phi) is 1.77. The Balaban J connectivity index is 2.88. The van der Waals surface area contributed by atoms with Gasteiger partial charge in [0.25, 0.3) is 0 Å². The summed E-state index contributed by atoms with van der Waals surface area (Å²) in [5.74, 6) is 0.316. The summed E-state index contributed by atoms with van der Waals surface area (Å²) >= 11 is 5.97. The summed E-state index contributed by atoms with van der Waals surface area (Å²) in [7, 11) is 0. The average molecular weight is 196 g/mol. The second kappa shape index (κ2) is 2.68. The Morgan fingerprint density at radius 2 is 2.17 bits per heavy atom. The van der Waals surface area contributed by atoms with Crippen molar-refractivity contribution < 1.29 is 5.11 Å². The van der Waals surface area contributed by atoms with E-state index >= 15 is 0 Å². The van der Waals surface area contributed by atoms with Crippen LogP contribution in [0, 0.1) is 6.92 Å². The molecule has 2 aromatic rings. The third kappa shape index (κ3) is 1.09. The van der Waals surface area contributed by atoms with Gasteiger partial charge in [0.15, 0.2) is 0 Å². The first-order chi connectivity index (χ1) is 5.68. The van der Waals surface area contributed by atoms with Crippen LogP contribution in [0.3, 0.4) is 0 Å². The number of phenols is 1. The van der Waals surface area contributed by atoms with Gasteiger partial charge in [-0.15, -0.1) is 24.0 Å². The highest BCUT2D eigenvalue weighted by molar-refractivity contribution is 7.83. The van der Waals surface area contributed by atoms with Crippen LogP contribution in [-0.2, 0) is 0 Å². The third-order valence-corrected chi connectivity index (χ3v) is 3.58. The monoisotopic (exact) mass is 196 g/mol. The molecule has 62 valence electrons. The zero-order valence-electron chi connectivity index (χ0n) is 6.53. The number of hydrogen-bond acceptors (Lipinski definition) is 3. The molecule has 0 atom stereocenters. The van der Waals surface area contributed by atoms with Crippen LogP contribution >= 0.6 is 24.0 Å². The van der Waals surface area contributed by atoms with Gasteiger partial charge in [0.05, 0.1) is 4.21 Å². The first-order valence-corrected chi connectivity index (χ1v) is 4.86. The molecule has 2 rings (SSSR count). The quantitative estimate of drug-likeness (QED) is 0.620. The number of phenolic OH excluding ortho intramolecular Hbond substituents is 1. The zero-order valence-corrected chi connectivity index (χ0v) is 8.25. The van der Waals surface area contributed by atoms with Gasteiger partial charge in [0.1, 0.15) is 5.75 Å². The van der Waals surface area contributed by atoms with Gasteiger partial charge in [-0.1, -0.05) is 0 Å². The standard InChI is InChI=1S/C9H8OS2/c1-5-7-4-6(10)2-3-8(7)12-9(5)11/h2-4,10-11H,1H3. The summed E-state index contributed by atoms with van der Waals surface area (Å²) in [6.45, 7) is 2.01. The highest BCUT2D eigenvalue weighted by Gasteiger charge is 2.04. The molecule has 1 aromatic heterocycles. The van der Waals surface area contributed by atoms with E-state index in [9.17, 15) is 5.11 Å². The van der Waals surface area contributed by atoms with Crippen molar-refractivity contribution in [1.82, 2.24) is 0 Å². The molecule has 0 fully saturated rings. The van der Waals surface area contributed by atoms with Gasteiger partial charge in [0, 0.05) is 10.1 Å². The first-order valence-electron chi connectivity index (χ1n) is 3.59. The first kappa shape index (κ1) is 7.95. The molecule has 0 aliphatic carbocycles. The van der Waals surface area contributed by atoms with Crippen molar-refractivity contribution in [1.29, 1.82) is 0 Å². The predicted octanol–water partition coefficient (Wildman–Crippen LogP) is 3.20. The fraction of sp³-hybridized carbons (Fsp3) is 0.111. The van der Waals surface area contributed by atoms with E-state index in [1.54, 1.807) is 23.5 Å². The number of aryl methyl sites for hydroxylation is 1. The topological polar surface area (TPSA) is 20.2 Å². The maximum Gasteiger partial charge on any atom is 0.116 e. The van der Waals surface area contributed by atoms with E-state index in [-0.39, 0.29) is 0 Å². The molecule has 0 aliphatic rings. The lowest BCUT2D eigenvalue weighted by molar-refractivity contribution is 0.476. The van der Waals surface area contributed by atoms with Crippen LogP contribution in [0.15, 0.2) is 22.4 Å². The van der Waals surface area contributed by atoms with Crippen molar-refractivity contribution in [2.45, 2.75) is 11.1 Å². The fourth-order valence-electron chi connectivity index (χ4n) is 1.20. The SMILES string of the molecule is Cc1c(S)sc2ccc(O)cc12. The largest absolute Gasteiger partial charge is 0.508 e. The molecule has 3 heteroatoms. The summed E-state index contributed by atoms with van der Waals surface area (Å²) in [5, 5.41) is 10.3. The van der Waals surface area contributed by atoms with Crippen LogP contribution in [0.4, 0.5) is 0 Å². The minimum absolute atomic E-state index is 0.316. The molecule has 0 aliphatic heterocycles. The lowest BCUT2D eigenvalue weighted by atomic mass is 10.2. The van der Waals surface area contributed by atoms with E-state index in [1.165, 1.54) is 4.70 Å². The second-order valence-electron chi connectivity index (χ2n) is 2.71. The van der Waals surface area contributed by atoms with Crippen molar-refractivity contribution >= 4 is 34.1 Å². The fourth-order valence-corrected chi connectivity index (χ4v) is 2.54. The minimum atomic E-state index is 0.316. The van der Waals surface area contributed by atoms with Gasteiger partial charge in [-0.3, -0.25) is 0 Å². The van der Waals surface area contributed by atoms with Crippen LogP contribution in [0.25, 0.3) is 10.1 Å². The second-order valence-corrected chi connectivity index (χ2v) is 4.51. The van der Waals surface area contributed by atoms with Crippen LogP contribution in [-0.4, -0.2) is 5.11 Å². The number of hydrogen-bond donors (Lipinski definition) is 2. The maximum atomic E-state index is 9.24. The van der Waals surface area contributed by atoms with Crippen LogP contribution in [0.2, 0.25) is 0 Å². The summed E-state index contributed by atoms with van der Waals surface area (Å²) < 4.78 is 2.20. The van der Waals surface area contributed by atoms with Gasteiger partial charge in [-0.05, 0) is 30.7 Å². The molecule has 0 bridgehead atoms. The number of thiol groups is 1. The highest BCUT2D eigenvalue weighted by Crippen LogP contribution is 2.34. The zero-order chi connectivity index (χ0) is 8.72. The van der Waals surface area contributed by atoms with Crippen molar-refractivity contribution in [2.75, 3.05) is 0 Å². The van der Waals surface area contributed by atoms with Crippen LogP contribution in [0.1, 0.15) is 5.56 Å². The molecule has 0 unspecified atom stereocenters. The van der Waals surface area contributed by atoms with Gasteiger partial charge in [-0.25, -0.2) is 0 Å². The van der Waals surface area contributed by atoms with Crippen molar-refractivity contribution in [3.8, 4) is 5.75 Å². The van der Waals surface area contributed by atoms with E-state index in [2.05, 4.69) is 12.6 Å². The molecular weight excluding hydrogens is 188 g/mol. The van der Waals surface area contributed by atoms with Crippen LogP contribution in [0.5, 0.6) is 5.75 Å². The van der Waals surface area contributed by atoms with E-state index in [1.807, 2.05) is 13.0 Å². The number of rotatable bonds is 0. The van der Waals surface area contributed by atoms with Gasteiger partial charge in [0.2, 0.25) is 0 Å². The van der Waals surface area contributed by atoms with Crippen LogP contribution < -0.4 is 0 Å². The van der Waals surface area contributed by atoms with Crippen molar-refractivity contribution in [2.24, 2.45) is 0 Å². The smallest absolute Gasteiger partial charge is 0.116 e. The molecule has 1 N–H and O–H groups in total. The average Bonchev–Trinajstić information content (AvgIpc) is 2.31. The van der Waals surface area contributed by atoms with E-state index < -0.39 is 0 Å². The van der Waals surface area contributed by atoms with E-state index in [0.717, 1.165) is 15.2 Å². The van der Waals surface area contributed by atoms with Gasteiger partial charge < -0.3 is 5.11 Å². The van der Waals surface area contributed by atoms with E-state index in [4.69, 9.17) is 0 Å². The molecule has 1 heterocycles. The molecule has 1 aromatic carbocycles. The Morgan fingerprint density at radius 3 is 2.92 bits per heavy atom. The van der Waals surface area contributed by atoms with Gasteiger partial charge in [-0.2, -0.15) is 0 Å². The number of thiophene rings is 1. The van der Waals surface area contributed by atoms with Gasteiger partial charge >= 0.3 is 0 Å². The Labute approximate surface area is 80.1 Å². The predicted molar refractivity (Wildman–Crippen MR) is 55.5 cm³/mol. The summed E-state index contributed by atoms with van der Waals surface area (Å²) in [6, 6.07) is 5.40. The summed E-state index contributed by atoms with van der Waals surface area (Å²) in [4.78, 5) is 0. The summed E-state index contributed by atoms with van der Waals surface area (Å²) in [5.41, 5.74) is 1.15. The normalized spacial score (nSPS) is 10.8. The lowest BCUT2D eigenvalue weighted by Crippen LogP contribution is -1.68. The Hall–Kier alpha value is -0.670. The molecule has 0 amide bonds. The molecular formula is C9H8OS2. The molecule has 0 radical (unpaired) electrons. The van der Waals surface area contributed by atoms with Crippen molar-refractivity contribution in [3.05, 3.63) is 23.8 Å². The number of aromatic hydroxyl groups is 1. The Morgan fingerprint density at radius 1 is 1.42 bits per heavy atom. The van der Waals surface area contributed by atoms with E-state index in [0.29, 0.717) is 5.75 Å². The van der Waals surface area contributed by atoms with Crippen molar-refractivity contribution in [3.63, 3.8) is 0 Å². The highest BCUT2D eigenvalue weighted by atomic mass is 32.2. The Bertz CT molecular complexity index is 431. The number of fused-ring (bicyclic) bond motifs is 1. The molecule has 0 saturated carbocycles. The minimum Gasteiger partial charge on any atom is -0.508 e. The summed E-state index contributed by atoms with van der Waals surface area (Å²) in [6.07, 6.45) is 0. The maximum absolute atomic E-state index is 9.24. The number of benzene rings is 1. The molecule has 0 spiro atoms. The molecule has 0 saturated heterocycles. The molecule has 1 nitrogen and oxygen atoms in total. The third-order valence-electron chi connectivity index (χ3n) is 1.89.